The number of hydrogen-bond acceptors (Lipinski definition) is 3. The maximum absolute atomic E-state index is 12.9. The second-order valence-corrected chi connectivity index (χ2v) is 7.83. The van der Waals surface area contributed by atoms with Gasteiger partial charge in [-0.05, 0) is 37.6 Å². The summed E-state index contributed by atoms with van der Waals surface area (Å²) in [4.78, 5) is 30.6. The molecule has 1 saturated heterocycles. The Labute approximate surface area is 144 Å². The summed E-state index contributed by atoms with van der Waals surface area (Å²) >= 11 is 0. The quantitative estimate of drug-likeness (QED) is 0.850. The Morgan fingerprint density at radius 1 is 1.25 bits per heavy atom. The average molecular weight is 329 g/mol. The van der Waals surface area contributed by atoms with Gasteiger partial charge in [-0.3, -0.25) is 14.5 Å². The van der Waals surface area contributed by atoms with Gasteiger partial charge in [-0.1, -0.05) is 18.2 Å². The average Bonchev–Trinajstić information content (AvgIpc) is 2.98. The van der Waals surface area contributed by atoms with Crippen molar-refractivity contribution >= 4 is 11.8 Å². The summed E-state index contributed by atoms with van der Waals surface area (Å²) in [5.74, 6) is -0.178. The van der Waals surface area contributed by atoms with Crippen molar-refractivity contribution in [3.63, 3.8) is 0 Å². The van der Waals surface area contributed by atoms with Crippen molar-refractivity contribution in [2.75, 3.05) is 21.1 Å². The molecule has 1 aromatic carbocycles. The Morgan fingerprint density at radius 2 is 1.92 bits per heavy atom. The fraction of sp³-hybridized carbons (Fsp3) is 0.579. The SMILES string of the molecule is CN1Cc2ccc(CN(C)C(=O)[C@@H]3CC(=O)N(C)C3(C)C)cc2C1. The second kappa shape index (κ2) is 5.88. The first-order valence-corrected chi connectivity index (χ1v) is 8.51. The zero-order valence-corrected chi connectivity index (χ0v) is 15.3. The predicted octanol–water partition coefficient (Wildman–Crippen LogP) is 1.85. The van der Waals surface area contributed by atoms with E-state index in [9.17, 15) is 9.59 Å². The zero-order chi connectivity index (χ0) is 17.6. The monoisotopic (exact) mass is 329 g/mol. The topological polar surface area (TPSA) is 43.9 Å². The van der Waals surface area contributed by atoms with E-state index in [2.05, 4.69) is 30.1 Å². The number of carbonyl (C=O) groups is 2. The van der Waals surface area contributed by atoms with E-state index < -0.39 is 5.54 Å². The highest BCUT2D eigenvalue weighted by atomic mass is 16.2. The molecule has 2 heterocycles. The molecule has 0 spiro atoms. The van der Waals surface area contributed by atoms with Gasteiger partial charge >= 0.3 is 0 Å². The first kappa shape index (κ1) is 17.0. The summed E-state index contributed by atoms with van der Waals surface area (Å²) in [6.07, 6.45) is 0.307. The Morgan fingerprint density at radius 3 is 2.54 bits per heavy atom. The zero-order valence-electron chi connectivity index (χ0n) is 15.3. The number of rotatable bonds is 3. The van der Waals surface area contributed by atoms with Gasteiger partial charge in [0, 0.05) is 45.7 Å². The fourth-order valence-corrected chi connectivity index (χ4v) is 3.84. The summed E-state index contributed by atoms with van der Waals surface area (Å²) in [6.45, 7) is 6.49. The minimum Gasteiger partial charge on any atom is -0.341 e. The van der Waals surface area contributed by atoms with Crippen molar-refractivity contribution < 1.29 is 9.59 Å². The molecule has 0 aromatic heterocycles. The van der Waals surface area contributed by atoms with Crippen molar-refractivity contribution in [3.05, 3.63) is 34.9 Å². The lowest BCUT2D eigenvalue weighted by Gasteiger charge is -2.34. The van der Waals surface area contributed by atoms with Crippen LogP contribution in [0.2, 0.25) is 0 Å². The maximum atomic E-state index is 12.9. The van der Waals surface area contributed by atoms with E-state index in [4.69, 9.17) is 0 Å². The highest BCUT2D eigenvalue weighted by Gasteiger charge is 2.48. The Hall–Kier alpha value is -1.88. The Bertz CT molecular complexity index is 683. The van der Waals surface area contributed by atoms with Crippen LogP contribution in [0.25, 0.3) is 0 Å². The van der Waals surface area contributed by atoms with Crippen LogP contribution < -0.4 is 0 Å². The van der Waals surface area contributed by atoms with E-state index in [1.807, 2.05) is 20.9 Å². The molecular formula is C19H27N3O2. The number of carbonyl (C=O) groups excluding carboxylic acids is 2. The standard InChI is InChI=1S/C19H27N3O2/c1-19(2)16(9-17(23)22(19)5)18(24)21(4)10-13-6-7-14-11-20(3)12-15(14)8-13/h6-8,16H,9-12H2,1-5H3/t16-/m0/s1. The highest BCUT2D eigenvalue weighted by Crippen LogP contribution is 2.35. The van der Waals surface area contributed by atoms with E-state index in [0.717, 1.165) is 18.7 Å². The van der Waals surface area contributed by atoms with Crippen LogP contribution in [-0.2, 0) is 29.2 Å². The molecule has 5 heteroatoms. The molecule has 0 radical (unpaired) electrons. The minimum atomic E-state index is -0.428. The van der Waals surface area contributed by atoms with Crippen LogP contribution >= 0.6 is 0 Å². The molecule has 0 unspecified atom stereocenters. The lowest BCUT2D eigenvalue weighted by molar-refractivity contribution is -0.137. The number of hydrogen-bond donors (Lipinski definition) is 0. The smallest absolute Gasteiger partial charge is 0.228 e. The van der Waals surface area contributed by atoms with Crippen molar-refractivity contribution in [2.45, 2.75) is 45.4 Å². The van der Waals surface area contributed by atoms with Crippen LogP contribution in [0.4, 0.5) is 0 Å². The number of likely N-dealkylation sites (tertiary alicyclic amines) is 1. The van der Waals surface area contributed by atoms with Gasteiger partial charge in [0.1, 0.15) is 0 Å². The molecule has 0 aliphatic carbocycles. The van der Waals surface area contributed by atoms with Crippen molar-refractivity contribution in [1.29, 1.82) is 0 Å². The van der Waals surface area contributed by atoms with Crippen molar-refractivity contribution in [3.8, 4) is 0 Å². The van der Waals surface area contributed by atoms with E-state index in [1.165, 1.54) is 11.1 Å². The Balaban J connectivity index is 1.71. The molecule has 0 saturated carbocycles. The molecule has 130 valence electrons. The predicted molar refractivity (Wildman–Crippen MR) is 93.0 cm³/mol. The molecule has 0 N–H and O–H groups in total. The van der Waals surface area contributed by atoms with E-state index in [0.29, 0.717) is 13.0 Å². The van der Waals surface area contributed by atoms with Crippen LogP contribution in [0, 0.1) is 5.92 Å². The third-order valence-electron chi connectivity index (χ3n) is 5.72. The molecule has 5 nitrogen and oxygen atoms in total. The van der Waals surface area contributed by atoms with Crippen LogP contribution in [0.5, 0.6) is 0 Å². The molecule has 2 aliphatic heterocycles. The van der Waals surface area contributed by atoms with E-state index >= 15 is 0 Å². The largest absolute Gasteiger partial charge is 0.341 e. The fourth-order valence-electron chi connectivity index (χ4n) is 3.84. The maximum Gasteiger partial charge on any atom is 0.228 e. The van der Waals surface area contributed by atoms with Crippen LogP contribution in [0.3, 0.4) is 0 Å². The lowest BCUT2D eigenvalue weighted by Crippen LogP contribution is -2.47. The summed E-state index contributed by atoms with van der Waals surface area (Å²) in [5.41, 5.74) is 3.45. The minimum absolute atomic E-state index is 0.0484. The molecule has 1 fully saturated rings. The van der Waals surface area contributed by atoms with Gasteiger partial charge in [-0.2, -0.15) is 0 Å². The molecule has 1 aromatic rings. The van der Waals surface area contributed by atoms with E-state index in [1.54, 1.807) is 16.8 Å². The number of nitrogens with zero attached hydrogens (tertiary/aromatic N) is 3. The first-order chi connectivity index (χ1) is 11.2. The van der Waals surface area contributed by atoms with Gasteiger partial charge in [0.2, 0.25) is 11.8 Å². The third-order valence-corrected chi connectivity index (χ3v) is 5.72. The summed E-state index contributed by atoms with van der Waals surface area (Å²) < 4.78 is 0. The summed E-state index contributed by atoms with van der Waals surface area (Å²) in [6, 6.07) is 6.49. The molecule has 2 aliphatic rings. The lowest BCUT2D eigenvalue weighted by atomic mass is 9.87. The van der Waals surface area contributed by atoms with Crippen molar-refractivity contribution in [1.82, 2.24) is 14.7 Å². The van der Waals surface area contributed by atoms with E-state index in [-0.39, 0.29) is 17.7 Å². The molecule has 3 rings (SSSR count). The highest BCUT2D eigenvalue weighted by molar-refractivity contribution is 5.90. The second-order valence-electron chi connectivity index (χ2n) is 7.83. The van der Waals surface area contributed by atoms with Crippen LogP contribution in [-0.4, -0.2) is 53.2 Å². The Kier molecular flexibility index (Phi) is 4.16. The normalized spacial score (nSPS) is 22.8. The van der Waals surface area contributed by atoms with Crippen molar-refractivity contribution in [2.24, 2.45) is 5.92 Å². The number of fused-ring (bicyclic) bond motifs is 1. The van der Waals surface area contributed by atoms with Crippen LogP contribution in [0.1, 0.15) is 37.0 Å². The molecule has 24 heavy (non-hydrogen) atoms. The van der Waals surface area contributed by atoms with Gasteiger partial charge in [-0.15, -0.1) is 0 Å². The van der Waals surface area contributed by atoms with Gasteiger partial charge in [0.25, 0.3) is 0 Å². The van der Waals surface area contributed by atoms with Gasteiger partial charge in [0.15, 0.2) is 0 Å². The first-order valence-electron chi connectivity index (χ1n) is 8.51. The van der Waals surface area contributed by atoms with Gasteiger partial charge in [0.05, 0.1) is 5.92 Å². The van der Waals surface area contributed by atoms with Crippen LogP contribution in [0.15, 0.2) is 18.2 Å². The summed E-state index contributed by atoms with van der Waals surface area (Å²) in [7, 11) is 5.73. The molecule has 2 amide bonds. The van der Waals surface area contributed by atoms with Gasteiger partial charge < -0.3 is 9.80 Å². The molecular weight excluding hydrogens is 302 g/mol. The number of amides is 2. The summed E-state index contributed by atoms with van der Waals surface area (Å²) in [5, 5.41) is 0. The number of benzene rings is 1. The van der Waals surface area contributed by atoms with Gasteiger partial charge in [-0.25, -0.2) is 0 Å². The third kappa shape index (κ3) is 2.81. The molecule has 0 bridgehead atoms. The molecule has 1 atom stereocenters.